The van der Waals surface area contributed by atoms with Gasteiger partial charge in [0.2, 0.25) is 0 Å². The van der Waals surface area contributed by atoms with Gasteiger partial charge in [0.15, 0.2) is 0 Å². The van der Waals surface area contributed by atoms with Crippen LogP contribution in [0.25, 0.3) is 10.8 Å². The number of hydrogen-bond donors (Lipinski definition) is 0. The van der Waals surface area contributed by atoms with Crippen molar-refractivity contribution in [1.82, 2.24) is 4.90 Å². The van der Waals surface area contributed by atoms with E-state index in [1.54, 1.807) is 4.90 Å². The Balaban J connectivity index is 1.61. The first-order chi connectivity index (χ1) is 10.6. The molecule has 0 spiro atoms. The smallest absolute Gasteiger partial charge is 0.253 e. The Bertz CT molecular complexity index is 789. The van der Waals surface area contributed by atoms with Crippen LogP contribution >= 0.6 is 0 Å². The summed E-state index contributed by atoms with van der Waals surface area (Å²) in [6.45, 7) is 0.752. The molecule has 2 aromatic rings. The minimum Gasteiger partial charge on any atom is -0.337 e. The molecule has 4 nitrogen and oxygen atoms in total. The lowest BCUT2D eigenvalue weighted by Gasteiger charge is -2.17. The maximum atomic E-state index is 12.6. The van der Waals surface area contributed by atoms with Crippen molar-refractivity contribution in [2.45, 2.75) is 6.42 Å². The van der Waals surface area contributed by atoms with Gasteiger partial charge < -0.3 is 4.90 Å². The zero-order chi connectivity index (χ0) is 15.3. The van der Waals surface area contributed by atoms with Crippen LogP contribution in [0.3, 0.4) is 0 Å². The number of benzene rings is 2. The number of hydrogen-bond acceptors (Lipinski definition) is 3. The molecule has 1 aliphatic heterocycles. The highest BCUT2D eigenvalue weighted by atomic mass is 16.2. The number of nitrogens with zero attached hydrogens (tertiary/aromatic N) is 1. The van der Waals surface area contributed by atoms with Crippen LogP contribution in [0.4, 0.5) is 0 Å². The predicted molar refractivity (Wildman–Crippen MR) is 81.5 cm³/mol. The maximum absolute atomic E-state index is 12.6. The van der Waals surface area contributed by atoms with Gasteiger partial charge in [-0.3, -0.25) is 14.4 Å². The molecule has 22 heavy (non-hydrogen) atoms. The average Bonchev–Trinajstić information content (AvgIpc) is 3.08. The highest BCUT2D eigenvalue weighted by Gasteiger charge is 2.48. The summed E-state index contributed by atoms with van der Waals surface area (Å²) in [7, 11) is 0. The lowest BCUT2D eigenvalue weighted by molar-refractivity contribution is -0.123. The van der Waals surface area contributed by atoms with Crippen molar-refractivity contribution in [3.8, 4) is 0 Å². The van der Waals surface area contributed by atoms with E-state index in [-0.39, 0.29) is 35.7 Å². The van der Waals surface area contributed by atoms with Gasteiger partial charge in [-0.25, -0.2) is 0 Å². The number of likely N-dealkylation sites (tertiary alicyclic amines) is 1. The summed E-state index contributed by atoms with van der Waals surface area (Å²) < 4.78 is 0. The van der Waals surface area contributed by atoms with Gasteiger partial charge in [-0.15, -0.1) is 0 Å². The summed E-state index contributed by atoms with van der Waals surface area (Å²) in [5, 5.41) is 2.10. The highest BCUT2D eigenvalue weighted by Crippen LogP contribution is 2.33. The molecule has 0 unspecified atom stereocenters. The molecular formula is C18H15NO3. The molecule has 0 aromatic heterocycles. The second-order valence-electron chi connectivity index (χ2n) is 6.09. The van der Waals surface area contributed by atoms with Gasteiger partial charge in [0.05, 0.1) is 6.42 Å². The molecule has 0 bridgehead atoms. The number of Topliss-reactive ketones (excluding diaryl/α,β-unsaturated/α-hetero) is 2. The van der Waals surface area contributed by atoms with Gasteiger partial charge in [-0.05, 0) is 22.9 Å². The van der Waals surface area contributed by atoms with Crippen LogP contribution in [0.2, 0.25) is 0 Å². The van der Waals surface area contributed by atoms with E-state index in [1.807, 2.05) is 42.5 Å². The number of amides is 1. The van der Waals surface area contributed by atoms with E-state index >= 15 is 0 Å². The van der Waals surface area contributed by atoms with Crippen molar-refractivity contribution in [1.29, 1.82) is 0 Å². The third kappa shape index (κ3) is 1.95. The number of carbonyl (C=O) groups is 3. The van der Waals surface area contributed by atoms with Crippen molar-refractivity contribution in [3.05, 3.63) is 48.0 Å². The largest absolute Gasteiger partial charge is 0.337 e. The topological polar surface area (TPSA) is 54.5 Å². The van der Waals surface area contributed by atoms with Crippen molar-refractivity contribution in [3.63, 3.8) is 0 Å². The fourth-order valence-corrected chi connectivity index (χ4v) is 3.56. The Morgan fingerprint density at radius 3 is 2.23 bits per heavy atom. The second-order valence-corrected chi connectivity index (χ2v) is 6.09. The van der Waals surface area contributed by atoms with Crippen molar-refractivity contribution in [2.24, 2.45) is 11.8 Å². The Kier molecular flexibility index (Phi) is 2.86. The lowest BCUT2D eigenvalue weighted by atomic mass is 10.00. The average molecular weight is 293 g/mol. The van der Waals surface area contributed by atoms with Crippen LogP contribution < -0.4 is 0 Å². The highest BCUT2D eigenvalue weighted by molar-refractivity contribution is 6.10. The molecule has 1 saturated heterocycles. The Morgan fingerprint density at radius 2 is 1.55 bits per heavy atom. The van der Waals surface area contributed by atoms with Crippen molar-refractivity contribution < 1.29 is 14.4 Å². The van der Waals surface area contributed by atoms with Crippen LogP contribution in [0, 0.1) is 11.8 Å². The summed E-state index contributed by atoms with van der Waals surface area (Å²) in [6, 6.07) is 13.5. The fourth-order valence-electron chi connectivity index (χ4n) is 3.56. The minimum absolute atomic E-state index is 0.0104. The van der Waals surface area contributed by atoms with E-state index in [4.69, 9.17) is 0 Å². The minimum atomic E-state index is -0.281. The summed E-state index contributed by atoms with van der Waals surface area (Å²) >= 11 is 0. The van der Waals surface area contributed by atoms with Crippen molar-refractivity contribution >= 4 is 28.2 Å². The third-order valence-electron chi connectivity index (χ3n) is 4.78. The first-order valence-electron chi connectivity index (χ1n) is 7.47. The molecule has 2 aromatic carbocycles. The van der Waals surface area contributed by atoms with Gasteiger partial charge in [0.25, 0.3) is 5.91 Å². The normalized spacial score (nSPS) is 24.1. The van der Waals surface area contributed by atoms with Crippen LogP contribution in [0.15, 0.2) is 42.5 Å². The molecule has 2 atom stereocenters. The fraction of sp³-hybridized carbons (Fsp3) is 0.278. The van der Waals surface area contributed by atoms with Crippen LogP contribution in [-0.2, 0) is 9.59 Å². The van der Waals surface area contributed by atoms with Crippen molar-refractivity contribution in [2.75, 3.05) is 13.1 Å². The standard InChI is InChI=1S/C18H15NO3/c20-16-8-17(21)15-10-19(9-14(15)16)18(22)13-6-5-11-3-1-2-4-12(11)7-13/h1-7,14-15H,8-10H2/t14-,15+. The third-order valence-corrected chi connectivity index (χ3v) is 4.78. The molecule has 4 heteroatoms. The van der Waals surface area contributed by atoms with Gasteiger partial charge in [0, 0.05) is 30.5 Å². The SMILES string of the molecule is O=C1CC(=O)[C@@H]2CN(C(=O)c3ccc4ccccc4c3)C[C@H]12. The lowest BCUT2D eigenvalue weighted by Crippen LogP contribution is -2.31. The van der Waals surface area contributed by atoms with E-state index in [9.17, 15) is 14.4 Å². The molecule has 0 radical (unpaired) electrons. The predicted octanol–water partition coefficient (Wildman–Crippen LogP) is 2.07. The van der Waals surface area contributed by atoms with E-state index < -0.39 is 0 Å². The zero-order valence-electron chi connectivity index (χ0n) is 12.0. The first-order valence-corrected chi connectivity index (χ1v) is 7.47. The molecule has 1 heterocycles. The molecule has 110 valence electrons. The summed E-state index contributed by atoms with van der Waals surface area (Å²) in [5.41, 5.74) is 0.610. The van der Waals surface area contributed by atoms with Crippen LogP contribution in [-0.4, -0.2) is 35.5 Å². The zero-order valence-corrected chi connectivity index (χ0v) is 12.0. The van der Waals surface area contributed by atoms with Gasteiger partial charge in [0.1, 0.15) is 11.6 Å². The van der Waals surface area contributed by atoms with E-state index in [0.29, 0.717) is 18.7 Å². The molecular weight excluding hydrogens is 278 g/mol. The second kappa shape index (κ2) is 4.77. The maximum Gasteiger partial charge on any atom is 0.253 e. The van der Waals surface area contributed by atoms with E-state index in [1.165, 1.54) is 0 Å². The van der Waals surface area contributed by atoms with Gasteiger partial charge >= 0.3 is 0 Å². The van der Waals surface area contributed by atoms with Gasteiger partial charge in [-0.2, -0.15) is 0 Å². The van der Waals surface area contributed by atoms with E-state index in [2.05, 4.69) is 0 Å². The Hall–Kier alpha value is -2.49. The number of rotatable bonds is 1. The van der Waals surface area contributed by atoms with Crippen LogP contribution in [0.5, 0.6) is 0 Å². The Labute approximate surface area is 127 Å². The molecule has 1 amide bonds. The number of fused-ring (bicyclic) bond motifs is 2. The quantitative estimate of drug-likeness (QED) is 0.756. The number of ketones is 2. The van der Waals surface area contributed by atoms with Gasteiger partial charge in [-0.1, -0.05) is 30.3 Å². The molecule has 2 fully saturated rings. The van der Waals surface area contributed by atoms with Crippen LogP contribution in [0.1, 0.15) is 16.8 Å². The number of carbonyl (C=O) groups excluding carboxylic acids is 3. The molecule has 0 N–H and O–H groups in total. The summed E-state index contributed by atoms with van der Waals surface area (Å²) in [6.07, 6.45) is 0.0489. The Morgan fingerprint density at radius 1 is 0.909 bits per heavy atom. The molecule has 1 aliphatic carbocycles. The summed E-state index contributed by atoms with van der Waals surface area (Å²) in [4.78, 5) is 37.9. The molecule has 1 saturated carbocycles. The monoisotopic (exact) mass is 293 g/mol. The molecule has 4 rings (SSSR count). The first kappa shape index (κ1) is 13.2. The summed E-state index contributed by atoms with van der Waals surface area (Å²) in [5.74, 6) is -0.679. The van der Waals surface area contributed by atoms with E-state index in [0.717, 1.165) is 10.8 Å². The molecule has 2 aliphatic rings.